The van der Waals surface area contributed by atoms with E-state index in [1.807, 2.05) is 0 Å². The van der Waals surface area contributed by atoms with Crippen LogP contribution in [-0.4, -0.2) is 35.5 Å². The fourth-order valence-electron chi connectivity index (χ4n) is 2.77. The quantitative estimate of drug-likeness (QED) is 0.326. The minimum absolute atomic E-state index is 0.230. The average molecular weight is 331 g/mol. The molecular weight excluding hydrogens is 292 g/mol. The molecule has 23 heavy (non-hydrogen) atoms. The van der Waals surface area contributed by atoms with Gasteiger partial charge in [-0.15, -0.1) is 0 Å². The Hall–Kier alpha value is -0.610. The fraction of sp³-hybridized carbons (Fsp3) is 0.947. The van der Waals surface area contributed by atoms with E-state index >= 15 is 0 Å². The van der Waals surface area contributed by atoms with E-state index in [1.54, 1.807) is 0 Å². The molecular formula is C19H38O4. The summed E-state index contributed by atoms with van der Waals surface area (Å²) in [6.07, 6.45) is 13.2. The van der Waals surface area contributed by atoms with Crippen molar-refractivity contribution >= 4 is 5.97 Å². The normalized spacial score (nSPS) is 13.7. The highest BCUT2D eigenvalue weighted by Crippen LogP contribution is 2.14. The van der Waals surface area contributed by atoms with Crippen molar-refractivity contribution in [2.45, 2.75) is 109 Å². The molecule has 0 aromatic rings. The molecule has 0 saturated heterocycles. The first-order valence-electron chi connectivity index (χ1n) is 9.53. The average Bonchev–Trinajstić information content (AvgIpc) is 2.55. The monoisotopic (exact) mass is 330 g/mol. The zero-order valence-electron chi connectivity index (χ0n) is 15.3. The van der Waals surface area contributed by atoms with Crippen LogP contribution in [-0.2, 0) is 9.53 Å². The first kappa shape index (κ1) is 22.4. The van der Waals surface area contributed by atoms with E-state index in [0.29, 0.717) is 32.1 Å². The lowest BCUT2D eigenvalue weighted by Crippen LogP contribution is -2.14. The molecule has 0 aliphatic carbocycles. The summed E-state index contributed by atoms with van der Waals surface area (Å²) >= 11 is 0. The summed E-state index contributed by atoms with van der Waals surface area (Å²) in [5, 5.41) is 19.8. The van der Waals surface area contributed by atoms with E-state index < -0.39 is 6.10 Å². The standard InChI is InChI=1S/C19H38O4/c1-3-4-5-6-7-8-9-10-12-17(20)15-16-18(21)13-11-14-19(22)23-2/h17-18,20-21H,3-16H2,1-2H3. The topological polar surface area (TPSA) is 66.8 Å². The third-order valence-corrected chi connectivity index (χ3v) is 4.37. The predicted molar refractivity (Wildman–Crippen MR) is 94.3 cm³/mol. The number of carbonyl (C=O) groups is 1. The maximum Gasteiger partial charge on any atom is 0.305 e. The third-order valence-electron chi connectivity index (χ3n) is 4.37. The summed E-state index contributed by atoms with van der Waals surface area (Å²) in [5.41, 5.74) is 0. The molecule has 0 spiro atoms. The highest BCUT2D eigenvalue weighted by molar-refractivity contribution is 5.68. The zero-order chi connectivity index (χ0) is 17.3. The van der Waals surface area contributed by atoms with Crippen LogP contribution in [0.4, 0.5) is 0 Å². The molecule has 0 radical (unpaired) electrons. The number of hydrogen-bond acceptors (Lipinski definition) is 4. The number of unbranched alkanes of at least 4 members (excludes halogenated alkanes) is 7. The Labute approximate surface area is 142 Å². The lowest BCUT2D eigenvalue weighted by Gasteiger charge is -2.14. The smallest absolute Gasteiger partial charge is 0.305 e. The van der Waals surface area contributed by atoms with Crippen molar-refractivity contribution in [3.8, 4) is 0 Å². The maximum absolute atomic E-state index is 11.0. The summed E-state index contributed by atoms with van der Waals surface area (Å²) < 4.78 is 4.56. The number of hydrogen-bond donors (Lipinski definition) is 2. The Morgan fingerprint density at radius 2 is 1.26 bits per heavy atom. The SMILES string of the molecule is CCCCCCCCCCC(O)CCC(O)CCCC(=O)OC. The van der Waals surface area contributed by atoms with E-state index in [1.165, 1.54) is 52.1 Å². The van der Waals surface area contributed by atoms with Gasteiger partial charge in [-0.25, -0.2) is 0 Å². The molecule has 0 rings (SSSR count). The highest BCUT2D eigenvalue weighted by Gasteiger charge is 2.10. The summed E-state index contributed by atoms with van der Waals surface area (Å²) in [6.45, 7) is 2.23. The number of ether oxygens (including phenoxy) is 1. The molecule has 0 aliphatic heterocycles. The van der Waals surface area contributed by atoms with Gasteiger partial charge in [0.25, 0.3) is 0 Å². The van der Waals surface area contributed by atoms with Crippen LogP contribution in [0.15, 0.2) is 0 Å². The number of rotatable bonds is 16. The first-order valence-corrected chi connectivity index (χ1v) is 9.53. The summed E-state index contributed by atoms with van der Waals surface area (Å²) in [7, 11) is 1.38. The molecule has 2 unspecified atom stereocenters. The Kier molecular flexibility index (Phi) is 15.8. The largest absolute Gasteiger partial charge is 0.469 e. The first-order chi connectivity index (χ1) is 11.1. The lowest BCUT2D eigenvalue weighted by molar-refractivity contribution is -0.140. The number of carbonyl (C=O) groups excluding carboxylic acids is 1. The molecule has 0 aliphatic rings. The highest BCUT2D eigenvalue weighted by atomic mass is 16.5. The van der Waals surface area contributed by atoms with E-state index in [4.69, 9.17) is 0 Å². The predicted octanol–water partition coefficient (Wildman–Crippen LogP) is 4.36. The van der Waals surface area contributed by atoms with Crippen molar-refractivity contribution in [2.24, 2.45) is 0 Å². The molecule has 138 valence electrons. The number of aliphatic hydroxyl groups is 2. The van der Waals surface area contributed by atoms with Crippen LogP contribution in [0, 0.1) is 0 Å². The lowest BCUT2D eigenvalue weighted by atomic mass is 10.0. The number of aliphatic hydroxyl groups excluding tert-OH is 2. The van der Waals surface area contributed by atoms with Gasteiger partial charge in [0.2, 0.25) is 0 Å². The van der Waals surface area contributed by atoms with Crippen LogP contribution in [0.3, 0.4) is 0 Å². The summed E-state index contributed by atoms with van der Waals surface area (Å²) in [5.74, 6) is -0.230. The Morgan fingerprint density at radius 3 is 1.78 bits per heavy atom. The van der Waals surface area contributed by atoms with Crippen molar-refractivity contribution < 1.29 is 19.7 Å². The minimum atomic E-state index is -0.423. The Morgan fingerprint density at radius 1 is 0.783 bits per heavy atom. The second-order valence-corrected chi connectivity index (χ2v) is 6.62. The molecule has 0 aromatic carbocycles. The fourth-order valence-corrected chi connectivity index (χ4v) is 2.77. The molecule has 2 atom stereocenters. The van der Waals surface area contributed by atoms with Crippen molar-refractivity contribution in [2.75, 3.05) is 7.11 Å². The number of methoxy groups -OCH3 is 1. The zero-order valence-corrected chi connectivity index (χ0v) is 15.3. The van der Waals surface area contributed by atoms with E-state index in [2.05, 4.69) is 11.7 Å². The van der Waals surface area contributed by atoms with Gasteiger partial charge in [0.15, 0.2) is 0 Å². The molecule has 0 heterocycles. The summed E-state index contributed by atoms with van der Waals surface area (Å²) in [6, 6.07) is 0. The van der Waals surface area contributed by atoms with Gasteiger partial charge in [0.05, 0.1) is 19.3 Å². The Bertz CT molecular complexity index is 268. The van der Waals surface area contributed by atoms with Crippen molar-refractivity contribution in [1.82, 2.24) is 0 Å². The number of esters is 1. The molecule has 4 heteroatoms. The molecule has 0 fully saturated rings. The maximum atomic E-state index is 11.0. The van der Waals surface area contributed by atoms with E-state index in [9.17, 15) is 15.0 Å². The molecule has 0 aromatic heterocycles. The van der Waals surface area contributed by atoms with Crippen LogP contribution >= 0.6 is 0 Å². The van der Waals surface area contributed by atoms with Crippen LogP contribution in [0.1, 0.15) is 96.8 Å². The van der Waals surface area contributed by atoms with E-state index in [-0.39, 0.29) is 12.1 Å². The molecule has 0 saturated carbocycles. The Balaban J connectivity index is 3.38. The van der Waals surface area contributed by atoms with Crippen molar-refractivity contribution in [1.29, 1.82) is 0 Å². The molecule has 4 nitrogen and oxygen atoms in total. The second kappa shape index (κ2) is 16.3. The molecule has 0 amide bonds. The molecule has 2 N–H and O–H groups in total. The molecule has 0 bridgehead atoms. The van der Waals surface area contributed by atoms with Crippen LogP contribution in [0.25, 0.3) is 0 Å². The van der Waals surface area contributed by atoms with Gasteiger partial charge >= 0.3 is 5.97 Å². The van der Waals surface area contributed by atoms with Gasteiger partial charge in [-0.05, 0) is 32.1 Å². The van der Waals surface area contributed by atoms with Gasteiger partial charge in [-0.2, -0.15) is 0 Å². The second-order valence-electron chi connectivity index (χ2n) is 6.62. The minimum Gasteiger partial charge on any atom is -0.469 e. The van der Waals surface area contributed by atoms with Crippen LogP contribution in [0.2, 0.25) is 0 Å². The van der Waals surface area contributed by atoms with Crippen LogP contribution in [0.5, 0.6) is 0 Å². The van der Waals surface area contributed by atoms with E-state index in [0.717, 1.165) is 12.8 Å². The third kappa shape index (κ3) is 16.0. The van der Waals surface area contributed by atoms with Gasteiger partial charge in [0.1, 0.15) is 0 Å². The van der Waals surface area contributed by atoms with Gasteiger partial charge in [0, 0.05) is 6.42 Å². The van der Waals surface area contributed by atoms with Gasteiger partial charge < -0.3 is 14.9 Å². The van der Waals surface area contributed by atoms with Crippen molar-refractivity contribution in [3.05, 3.63) is 0 Å². The van der Waals surface area contributed by atoms with Gasteiger partial charge in [-0.3, -0.25) is 4.79 Å². The summed E-state index contributed by atoms with van der Waals surface area (Å²) in [4.78, 5) is 11.0. The van der Waals surface area contributed by atoms with Crippen LogP contribution < -0.4 is 0 Å². The van der Waals surface area contributed by atoms with Crippen molar-refractivity contribution in [3.63, 3.8) is 0 Å². The van der Waals surface area contributed by atoms with Gasteiger partial charge in [-0.1, -0.05) is 58.3 Å².